The first-order chi connectivity index (χ1) is 19.6. The molecule has 0 fully saturated rings. The van der Waals surface area contributed by atoms with E-state index in [1.807, 2.05) is 43.3 Å². The smallest absolute Gasteiger partial charge is 0.406 e. The van der Waals surface area contributed by atoms with Gasteiger partial charge in [-0.2, -0.15) is 0 Å². The first-order valence-electron chi connectivity index (χ1n) is 12.0. The van der Waals surface area contributed by atoms with Crippen molar-refractivity contribution in [3.05, 3.63) is 90.3 Å². The fourth-order valence-corrected chi connectivity index (χ4v) is 5.39. The number of aromatic nitrogens is 2. The third kappa shape index (κ3) is 6.52. The highest BCUT2D eigenvalue weighted by Crippen LogP contribution is 2.29. The standard InChI is InChI=1S/C28H22F3N5O3S2/c1-17-4-3-5-24(41(2)38)25(17)34-27(37)35-40-33-15-18-6-12-22-19(14-18)7-13-23-26(22)32-16-36(23)20-8-10-21(11-9-20)39-28(29,30)31/h3-16H,1-2H3,(H2,34,35,37). The number of anilines is 1. The molecule has 0 saturated carbocycles. The number of hydrogen-bond donors (Lipinski definition) is 2. The number of carbonyl (C=O) groups is 1. The number of aryl methyl sites for hydroxylation is 1. The molecule has 1 heterocycles. The van der Waals surface area contributed by atoms with Crippen molar-refractivity contribution < 1.29 is 26.9 Å². The van der Waals surface area contributed by atoms with Crippen molar-refractivity contribution in [1.82, 2.24) is 14.3 Å². The van der Waals surface area contributed by atoms with Gasteiger partial charge in [-0.1, -0.05) is 30.3 Å². The number of imidazole rings is 1. The van der Waals surface area contributed by atoms with E-state index in [-0.39, 0.29) is 5.75 Å². The second-order valence-electron chi connectivity index (χ2n) is 8.85. The van der Waals surface area contributed by atoms with Crippen molar-refractivity contribution in [3.63, 3.8) is 0 Å². The van der Waals surface area contributed by atoms with Gasteiger partial charge in [0.2, 0.25) is 0 Å². The van der Waals surface area contributed by atoms with Crippen molar-refractivity contribution in [2.45, 2.75) is 18.2 Å². The zero-order valence-electron chi connectivity index (χ0n) is 21.6. The summed E-state index contributed by atoms with van der Waals surface area (Å²) < 4.78 is 61.9. The molecule has 0 saturated heterocycles. The number of nitrogens with zero attached hydrogens (tertiary/aromatic N) is 3. The summed E-state index contributed by atoms with van der Waals surface area (Å²) >= 11 is 0.853. The number of amides is 2. The Balaban J connectivity index is 1.26. The SMILES string of the molecule is Cc1cccc(S(C)=O)c1NC(=O)NSN=Cc1ccc2c(ccc3c2ncn3-c2ccc(OC(F)(F)F)cc2)c1. The van der Waals surface area contributed by atoms with Gasteiger partial charge in [-0.15, -0.1) is 13.2 Å². The molecular weight excluding hydrogens is 575 g/mol. The Morgan fingerprint density at radius 2 is 1.88 bits per heavy atom. The number of ether oxygens (including phenoxy) is 1. The van der Waals surface area contributed by atoms with Gasteiger partial charge in [0.25, 0.3) is 0 Å². The van der Waals surface area contributed by atoms with Crippen LogP contribution in [0.2, 0.25) is 0 Å². The predicted molar refractivity (Wildman–Crippen MR) is 156 cm³/mol. The predicted octanol–water partition coefficient (Wildman–Crippen LogP) is 6.93. The zero-order valence-corrected chi connectivity index (χ0v) is 23.2. The Kier molecular flexibility index (Phi) is 7.99. The molecule has 2 N–H and O–H groups in total. The van der Waals surface area contributed by atoms with E-state index in [1.165, 1.54) is 24.3 Å². The van der Waals surface area contributed by atoms with Gasteiger partial charge in [-0.3, -0.25) is 13.5 Å². The first-order valence-corrected chi connectivity index (χ1v) is 14.4. The number of nitrogens with one attached hydrogen (secondary N) is 2. The molecule has 8 nitrogen and oxygen atoms in total. The number of alkyl halides is 3. The molecule has 4 aromatic carbocycles. The van der Waals surface area contributed by atoms with Crippen LogP contribution in [0.1, 0.15) is 11.1 Å². The van der Waals surface area contributed by atoms with Crippen molar-refractivity contribution in [2.24, 2.45) is 4.40 Å². The number of urea groups is 1. The molecule has 1 atom stereocenters. The topological polar surface area (TPSA) is 97.6 Å². The summed E-state index contributed by atoms with van der Waals surface area (Å²) in [6.07, 6.45) is 0.0258. The third-order valence-electron chi connectivity index (χ3n) is 6.08. The molecule has 0 aliphatic carbocycles. The zero-order chi connectivity index (χ0) is 29.1. The van der Waals surface area contributed by atoms with E-state index in [4.69, 9.17) is 0 Å². The second-order valence-corrected chi connectivity index (χ2v) is 10.8. The van der Waals surface area contributed by atoms with Gasteiger partial charge in [-0.25, -0.2) is 14.2 Å². The van der Waals surface area contributed by atoms with Gasteiger partial charge in [0.1, 0.15) is 12.1 Å². The van der Waals surface area contributed by atoms with E-state index in [1.54, 1.807) is 35.5 Å². The number of rotatable bonds is 7. The van der Waals surface area contributed by atoms with E-state index >= 15 is 0 Å². The molecule has 1 aromatic heterocycles. The Bertz CT molecular complexity index is 1800. The van der Waals surface area contributed by atoms with Gasteiger partial charge in [-0.05, 0) is 65.9 Å². The van der Waals surface area contributed by atoms with Crippen LogP contribution in [0.25, 0.3) is 27.5 Å². The maximum absolute atomic E-state index is 12.5. The van der Waals surface area contributed by atoms with Crippen molar-refractivity contribution in [2.75, 3.05) is 11.6 Å². The summed E-state index contributed by atoms with van der Waals surface area (Å²) in [5.74, 6) is -0.297. The molecule has 0 radical (unpaired) electrons. The van der Waals surface area contributed by atoms with Crippen LogP contribution in [-0.2, 0) is 10.8 Å². The first kappa shape index (κ1) is 28.2. The molecular formula is C28H22F3N5O3S2. The van der Waals surface area contributed by atoms with Crippen LogP contribution in [-0.4, -0.2) is 38.6 Å². The quantitative estimate of drug-likeness (QED) is 0.157. The molecule has 41 heavy (non-hydrogen) atoms. The number of para-hydroxylation sites is 1. The summed E-state index contributed by atoms with van der Waals surface area (Å²) in [4.78, 5) is 17.4. The molecule has 0 spiro atoms. The lowest BCUT2D eigenvalue weighted by Gasteiger charge is -2.12. The van der Waals surface area contributed by atoms with Crippen molar-refractivity contribution in [3.8, 4) is 11.4 Å². The number of benzene rings is 4. The van der Waals surface area contributed by atoms with Gasteiger partial charge in [0.15, 0.2) is 0 Å². The van der Waals surface area contributed by atoms with Crippen LogP contribution in [0.4, 0.5) is 23.7 Å². The average Bonchev–Trinajstić information content (AvgIpc) is 3.36. The van der Waals surface area contributed by atoms with E-state index in [0.717, 1.165) is 45.1 Å². The lowest BCUT2D eigenvalue weighted by molar-refractivity contribution is -0.274. The van der Waals surface area contributed by atoms with Gasteiger partial charge in [0, 0.05) is 23.5 Å². The van der Waals surface area contributed by atoms with Crippen LogP contribution in [0.5, 0.6) is 5.75 Å². The maximum atomic E-state index is 12.5. The van der Waals surface area contributed by atoms with Crippen LogP contribution in [0, 0.1) is 6.92 Å². The Morgan fingerprint density at radius 3 is 2.61 bits per heavy atom. The van der Waals surface area contributed by atoms with E-state index in [0.29, 0.717) is 16.3 Å². The minimum atomic E-state index is -4.75. The lowest BCUT2D eigenvalue weighted by atomic mass is 10.1. The lowest BCUT2D eigenvalue weighted by Crippen LogP contribution is -2.23. The van der Waals surface area contributed by atoms with Gasteiger partial charge >= 0.3 is 12.4 Å². The Hall–Kier alpha value is -4.36. The summed E-state index contributed by atoms with van der Waals surface area (Å²) in [6.45, 7) is 1.82. The minimum Gasteiger partial charge on any atom is -0.406 e. The van der Waals surface area contributed by atoms with Gasteiger partial charge in [0.05, 0.1) is 44.5 Å². The van der Waals surface area contributed by atoms with Crippen LogP contribution < -0.4 is 14.8 Å². The molecule has 0 bridgehead atoms. The van der Waals surface area contributed by atoms with Crippen LogP contribution in [0.3, 0.4) is 0 Å². The fraction of sp³-hybridized carbons (Fsp3) is 0.107. The monoisotopic (exact) mass is 597 g/mol. The summed E-state index contributed by atoms with van der Waals surface area (Å²) in [6, 6.07) is 19.9. The van der Waals surface area contributed by atoms with Crippen LogP contribution >= 0.6 is 12.1 Å². The van der Waals surface area contributed by atoms with E-state index in [9.17, 15) is 22.2 Å². The van der Waals surface area contributed by atoms with Crippen molar-refractivity contribution in [1.29, 1.82) is 0 Å². The molecule has 0 aliphatic heterocycles. The number of halogens is 3. The molecule has 1 unspecified atom stereocenters. The largest absolute Gasteiger partial charge is 0.573 e. The maximum Gasteiger partial charge on any atom is 0.573 e. The van der Waals surface area contributed by atoms with Crippen molar-refractivity contribution >= 4 is 62.7 Å². The second kappa shape index (κ2) is 11.6. The molecule has 5 rings (SSSR count). The van der Waals surface area contributed by atoms with E-state index in [2.05, 4.69) is 24.2 Å². The highest BCUT2D eigenvalue weighted by atomic mass is 32.2. The Morgan fingerprint density at radius 1 is 1.10 bits per heavy atom. The molecule has 13 heteroatoms. The molecule has 5 aromatic rings. The highest BCUT2D eigenvalue weighted by molar-refractivity contribution is 7.96. The Labute approximate surface area is 239 Å². The third-order valence-corrected chi connectivity index (χ3v) is 7.53. The number of fused-ring (bicyclic) bond motifs is 3. The average molecular weight is 598 g/mol. The minimum absolute atomic E-state index is 0.297. The van der Waals surface area contributed by atoms with Gasteiger partial charge < -0.3 is 10.1 Å². The fourth-order valence-electron chi connectivity index (χ4n) is 4.26. The normalized spacial score (nSPS) is 12.6. The summed E-state index contributed by atoms with van der Waals surface area (Å²) in [7, 11) is -1.26. The molecule has 0 aliphatic rings. The number of hydrogen-bond acceptors (Lipinski definition) is 6. The summed E-state index contributed by atoms with van der Waals surface area (Å²) in [5, 5.41) is 4.53. The highest BCUT2D eigenvalue weighted by Gasteiger charge is 2.31. The molecule has 2 amide bonds. The molecule has 210 valence electrons. The van der Waals surface area contributed by atoms with E-state index < -0.39 is 23.2 Å². The number of carbonyl (C=O) groups excluding carboxylic acids is 1. The van der Waals surface area contributed by atoms with Crippen LogP contribution in [0.15, 0.2) is 88.4 Å². The summed E-state index contributed by atoms with van der Waals surface area (Å²) in [5.41, 5.74) is 4.26.